The van der Waals surface area contributed by atoms with Crippen LogP contribution in [0.15, 0.2) is 176 Å². The van der Waals surface area contributed by atoms with E-state index in [0.717, 1.165) is 28.2 Å². The van der Waals surface area contributed by atoms with Crippen LogP contribution in [0, 0.1) is 0 Å². The number of hydrogen-bond acceptors (Lipinski definition) is 1. The number of anilines is 3. The Balaban J connectivity index is 1.16. The van der Waals surface area contributed by atoms with Crippen molar-refractivity contribution in [2.45, 2.75) is 64.2 Å². The fraction of sp³-hybridized carbons (Fsp3) is 0.172. The van der Waals surface area contributed by atoms with E-state index < -0.39 is 11.8 Å². The molecule has 1 heteroatoms. The van der Waals surface area contributed by atoms with Crippen LogP contribution >= 0.6 is 0 Å². The molecule has 0 fully saturated rings. The highest BCUT2D eigenvalue weighted by Crippen LogP contribution is 2.64. The van der Waals surface area contributed by atoms with Gasteiger partial charge >= 0.3 is 0 Å². The summed E-state index contributed by atoms with van der Waals surface area (Å²) in [6.45, 7) is 13.3. The molecule has 1 nitrogen and oxygen atoms in total. The van der Waals surface area contributed by atoms with Gasteiger partial charge in [-0.25, -0.2) is 0 Å². The van der Waals surface area contributed by atoms with E-state index in [1.54, 1.807) is 6.92 Å². The molecule has 3 aliphatic rings. The first-order valence-electron chi connectivity index (χ1n) is 22.0. The predicted molar refractivity (Wildman–Crippen MR) is 249 cm³/mol. The topological polar surface area (TPSA) is 3.24 Å². The Bertz CT molecular complexity index is 3070. The molecule has 8 aromatic carbocycles. The van der Waals surface area contributed by atoms with Crippen molar-refractivity contribution in [2.75, 3.05) is 4.90 Å². The number of nitrogens with zero attached hydrogens (tertiary/aromatic N) is 1. The van der Waals surface area contributed by atoms with E-state index in [-0.39, 0.29) is 10.8 Å². The van der Waals surface area contributed by atoms with Crippen molar-refractivity contribution in [3.63, 3.8) is 0 Å². The van der Waals surface area contributed by atoms with Crippen LogP contribution < -0.4 is 4.90 Å². The van der Waals surface area contributed by atoms with Crippen LogP contribution in [0.5, 0.6) is 0 Å². The molecule has 0 aliphatic heterocycles. The summed E-state index contributed by atoms with van der Waals surface area (Å²) in [4.78, 5) is 2.42. The van der Waals surface area contributed by atoms with Gasteiger partial charge in [0.15, 0.2) is 0 Å². The van der Waals surface area contributed by atoms with Crippen LogP contribution in [0.4, 0.5) is 17.1 Å². The van der Waals surface area contributed by atoms with Gasteiger partial charge in [0.05, 0.1) is 5.41 Å². The molecular formula is C58H49N. The van der Waals surface area contributed by atoms with Gasteiger partial charge in [0, 0.05) is 25.2 Å². The molecule has 0 radical (unpaired) electrons. The molecule has 286 valence electrons. The Kier molecular flexibility index (Phi) is 7.26. The molecule has 1 spiro atoms. The molecule has 0 N–H and O–H groups in total. The van der Waals surface area contributed by atoms with E-state index in [0.29, 0.717) is 5.56 Å². The van der Waals surface area contributed by atoms with Crippen LogP contribution in [0.1, 0.15) is 88.8 Å². The molecule has 8 aromatic rings. The lowest BCUT2D eigenvalue weighted by atomic mass is 9.69. The first-order valence-corrected chi connectivity index (χ1v) is 21.0. The first kappa shape index (κ1) is 33.5. The summed E-state index contributed by atoms with van der Waals surface area (Å²) in [5, 5.41) is 0. The van der Waals surface area contributed by atoms with E-state index in [4.69, 9.17) is 2.74 Å². The zero-order valence-corrected chi connectivity index (χ0v) is 34.7. The maximum atomic E-state index is 8.61. The minimum Gasteiger partial charge on any atom is -0.310 e. The van der Waals surface area contributed by atoms with Gasteiger partial charge < -0.3 is 4.90 Å². The largest absolute Gasteiger partial charge is 0.310 e. The summed E-state index contributed by atoms with van der Waals surface area (Å²) in [6, 6.07) is 64.9. The molecular weight excluding hydrogens is 711 g/mol. The second-order valence-corrected chi connectivity index (χ2v) is 18.2. The molecule has 0 amide bonds. The highest BCUT2D eigenvalue weighted by atomic mass is 15.1. The Hall–Kier alpha value is -6.44. The van der Waals surface area contributed by atoms with E-state index in [1.807, 2.05) is 24.3 Å². The Morgan fingerprint density at radius 1 is 0.441 bits per heavy atom. The van der Waals surface area contributed by atoms with Crippen molar-refractivity contribution in [3.05, 3.63) is 220 Å². The lowest BCUT2D eigenvalue weighted by molar-refractivity contribution is 0.588. The number of benzene rings is 8. The summed E-state index contributed by atoms with van der Waals surface area (Å²) in [5.74, 6) is 0. The van der Waals surface area contributed by atoms with E-state index in [9.17, 15) is 0 Å². The molecule has 11 rings (SSSR count). The fourth-order valence-corrected chi connectivity index (χ4v) is 10.8. The maximum Gasteiger partial charge on any atom is 0.0726 e. The van der Waals surface area contributed by atoms with Gasteiger partial charge in [0.25, 0.3) is 0 Å². The standard InChI is InChI=1S/C58H49N/c1-7-37-16-8-9-17-43(37)38-24-27-40(28-25-38)59(41-30-33-51-49(35-41)46-20-10-13-21-50(46)57(51,5)6)42-29-32-48-45-19-12-15-23-53(45)58(55(48)36-42)52-22-14-11-18-44(52)47-31-26-39(34-54(47)58)56(2,3)4/h8-36H,7H2,1-6H3/i7D2. The quantitative estimate of drug-likeness (QED) is 0.169. The summed E-state index contributed by atoms with van der Waals surface area (Å²) in [7, 11) is 0. The SMILES string of the molecule is [2H]C([2H])(C)c1ccccc1-c1ccc(N(c2ccc3c(c2)-c2ccccc2C3(C)C)c2ccc3c(c2)C2(c4ccccc4-3)c3ccccc3-c3ccc(C(C)(C)C)cc32)cc1. The third kappa shape index (κ3) is 5.04. The fourth-order valence-electron chi connectivity index (χ4n) is 10.8. The second-order valence-electron chi connectivity index (χ2n) is 18.2. The predicted octanol–water partition coefficient (Wildman–Crippen LogP) is 15.3. The van der Waals surface area contributed by atoms with Crippen LogP contribution in [0.25, 0.3) is 44.5 Å². The molecule has 0 saturated heterocycles. The molecule has 0 heterocycles. The monoisotopic (exact) mass is 761 g/mol. The molecule has 0 aromatic heterocycles. The minimum absolute atomic E-state index is 0.0159. The number of hydrogen-bond donors (Lipinski definition) is 0. The van der Waals surface area contributed by atoms with Crippen LogP contribution in [0.2, 0.25) is 0 Å². The van der Waals surface area contributed by atoms with Gasteiger partial charge in [0.1, 0.15) is 0 Å². The van der Waals surface area contributed by atoms with Gasteiger partial charge in [-0.15, -0.1) is 0 Å². The molecule has 1 unspecified atom stereocenters. The van der Waals surface area contributed by atoms with E-state index >= 15 is 0 Å². The lowest BCUT2D eigenvalue weighted by Crippen LogP contribution is -2.27. The van der Waals surface area contributed by atoms with Crippen LogP contribution in [0.3, 0.4) is 0 Å². The van der Waals surface area contributed by atoms with Gasteiger partial charge in [0.2, 0.25) is 0 Å². The first-order chi connectivity index (χ1) is 29.3. The second kappa shape index (κ2) is 12.8. The summed E-state index contributed by atoms with van der Waals surface area (Å²) >= 11 is 0. The summed E-state index contributed by atoms with van der Waals surface area (Å²) in [5.41, 5.74) is 22.3. The summed E-state index contributed by atoms with van der Waals surface area (Å²) in [6.07, 6.45) is -1.47. The van der Waals surface area contributed by atoms with Gasteiger partial charge in [-0.2, -0.15) is 0 Å². The number of aryl methyl sites for hydroxylation is 1. The van der Waals surface area contributed by atoms with Gasteiger partial charge in [-0.05, 0) is 137 Å². The molecule has 59 heavy (non-hydrogen) atoms. The smallest absolute Gasteiger partial charge is 0.0726 e. The Labute approximate surface area is 352 Å². The highest BCUT2D eigenvalue weighted by molar-refractivity contribution is 5.97. The van der Waals surface area contributed by atoms with Crippen molar-refractivity contribution >= 4 is 17.1 Å². The van der Waals surface area contributed by atoms with Crippen LogP contribution in [-0.4, -0.2) is 0 Å². The van der Waals surface area contributed by atoms with Crippen molar-refractivity contribution in [2.24, 2.45) is 0 Å². The Morgan fingerprint density at radius 2 is 0.915 bits per heavy atom. The zero-order valence-electron chi connectivity index (χ0n) is 36.7. The highest BCUT2D eigenvalue weighted by Gasteiger charge is 2.52. The molecule has 0 saturated carbocycles. The third-order valence-electron chi connectivity index (χ3n) is 13.7. The summed E-state index contributed by atoms with van der Waals surface area (Å²) < 4.78 is 17.2. The zero-order chi connectivity index (χ0) is 42.1. The van der Waals surface area contributed by atoms with Gasteiger partial charge in [-0.1, -0.05) is 181 Å². The van der Waals surface area contributed by atoms with E-state index in [1.165, 1.54) is 72.3 Å². The van der Waals surface area contributed by atoms with Crippen molar-refractivity contribution in [1.29, 1.82) is 0 Å². The normalized spacial score (nSPS) is 17.0. The van der Waals surface area contributed by atoms with Crippen LogP contribution in [-0.2, 0) is 22.6 Å². The van der Waals surface area contributed by atoms with Crippen molar-refractivity contribution in [1.82, 2.24) is 0 Å². The third-order valence-corrected chi connectivity index (χ3v) is 13.7. The molecule has 1 atom stereocenters. The average molecular weight is 762 g/mol. The van der Waals surface area contributed by atoms with Crippen molar-refractivity contribution < 1.29 is 2.74 Å². The number of rotatable bonds is 5. The Morgan fingerprint density at radius 3 is 1.56 bits per heavy atom. The average Bonchev–Trinajstić information content (AvgIpc) is 3.81. The molecule has 0 bridgehead atoms. The van der Waals surface area contributed by atoms with Crippen molar-refractivity contribution in [3.8, 4) is 44.5 Å². The van der Waals surface area contributed by atoms with Gasteiger partial charge in [-0.3, -0.25) is 0 Å². The lowest BCUT2D eigenvalue weighted by Gasteiger charge is -2.33. The molecule has 3 aliphatic carbocycles. The van der Waals surface area contributed by atoms with E-state index in [2.05, 4.69) is 191 Å². The number of fused-ring (bicyclic) bond motifs is 13. The minimum atomic E-state index is -1.47. The maximum absolute atomic E-state index is 8.61.